The number of carboxylic acids is 1. The average molecular weight is 375 g/mol. The van der Waals surface area contributed by atoms with Gasteiger partial charge in [-0.05, 0) is 31.0 Å². The second-order valence-electron chi connectivity index (χ2n) is 5.32. The van der Waals surface area contributed by atoms with E-state index in [4.69, 9.17) is 11.6 Å². The summed E-state index contributed by atoms with van der Waals surface area (Å²) in [6, 6.07) is 4.63. The fourth-order valence-corrected chi connectivity index (χ4v) is 3.57. The van der Waals surface area contributed by atoms with Crippen LogP contribution in [0.25, 0.3) is 0 Å². The number of carbonyl (C=O) groups is 2. The van der Waals surface area contributed by atoms with Crippen LogP contribution in [0.2, 0.25) is 5.02 Å². The van der Waals surface area contributed by atoms with Crippen molar-refractivity contribution in [1.29, 1.82) is 0 Å². The fraction of sp³-hybridized carbons (Fsp3) is 0.467. The molecule has 0 saturated heterocycles. The molecule has 2 rings (SSSR count). The van der Waals surface area contributed by atoms with Gasteiger partial charge in [0, 0.05) is 21.1 Å². The van der Waals surface area contributed by atoms with E-state index in [1.807, 2.05) is 0 Å². The topological polar surface area (TPSA) is 66.4 Å². The molecule has 1 aromatic rings. The lowest BCUT2D eigenvalue weighted by Gasteiger charge is -2.23. The van der Waals surface area contributed by atoms with Gasteiger partial charge < -0.3 is 10.4 Å². The maximum absolute atomic E-state index is 12.3. The zero-order valence-electron chi connectivity index (χ0n) is 11.4. The van der Waals surface area contributed by atoms with Gasteiger partial charge in [-0.2, -0.15) is 0 Å². The van der Waals surface area contributed by atoms with Crippen LogP contribution >= 0.6 is 27.5 Å². The van der Waals surface area contributed by atoms with Crippen molar-refractivity contribution in [1.82, 2.24) is 5.32 Å². The van der Waals surface area contributed by atoms with E-state index in [9.17, 15) is 14.7 Å². The summed E-state index contributed by atoms with van der Waals surface area (Å²) in [7, 11) is 0. The SMILES string of the molecule is O=C(NC1CCCCCC1C(=O)O)c1cc(Cl)cc(Br)c1. The molecule has 0 aliphatic heterocycles. The first-order chi connectivity index (χ1) is 9.97. The average Bonchev–Trinajstić information content (AvgIpc) is 2.63. The van der Waals surface area contributed by atoms with Gasteiger partial charge in [0.15, 0.2) is 0 Å². The van der Waals surface area contributed by atoms with E-state index in [1.54, 1.807) is 18.2 Å². The van der Waals surface area contributed by atoms with Crippen LogP contribution in [0.3, 0.4) is 0 Å². The molecule has 1 aliphatic rings. The van der Waals surface area contributed by atoms with E-state index in [0.29, 0.717) is 23.4 Å². The molecule has 114 valence electrons. The summed E-state index contributed by atoms with van der Waals surface area (Å²) >= 11 is 9.23. The number of amides is 1. The maximum Gasteiger partial charge on any atom is 0.308 e. The summed E-state index contributed by atoms with van der Waals surface area (Å²) in [5.41, 5.74) is 0.433. The Morgan fingerprint density at radius 2 is 1.90 bits per heavy atom. The first kappa shape index (κ1) is 16.3. The molecule has 1 aliphatic carbocycles. The molecule has 0 spiro atoms. The van der Waals surface area contributed by atoms with Crippen LogP contribution in [0.15, 0.2) is 22.7 Å². The minimum absolute atomic E-state index is 0.281. The van der Waals surface area contributed by atoms with E-state index in [0.717, 1.165) is 23.7 Å². The highest BCUT2D eigenvalue weighted by atomic mass is 79.9. The highest BCUT2D eigenvalue weighted by Gasteiger charge is 2.30. The third kappa shape index (κ3) is 4.45. The van der Waals surface area contributed by atoms with Crippen LogP contribution in [-0.4, -0.2) is 23.0 Å². The number of hydrogen-bond acceptors (Lipinski definition) is 2. The van der Waals surface area contributed by atoms with Crippen molar-refractivity contribution < 1.29 is 14.7 Å². The minimum atomic E-state index is -0.838. The molecule has 0 aromatic heterocycles. The molecular weight excluding hydrogens is 358 g/mol. The molecule has 2 unspecified atom stereocenters. The van der Waals surface area contributed by atoms with E-state index in [-0.39, 0.29) is 11.9 Å². The summed E-state index contributed by atoms with van der Waals surface area (Å²) in [4.78, 5) is 23.7. The molecule has 6 heteroatoms. The van der Waals surface area contributed by atoms with Crippen LogP contribution < -0.4 is 5.32 Å². The molecule has 4 nitrogen and oxygen atoms in total. The Bertz CT molecular complexity index is 529. The monoisotopic (exact) mass is 373 g/mol. The van der Waals surface area contributed by atoms with Crippen LogP contribution in [0.1, 0.15) is 42.5 Å². The van der Waals surface area contributed by atoms with Gasteiger partial charge in [0.25, 0.3) is 5.91 Å². The Hall–Kier alpha value is -1.07. The summed E-state index contributed by atoms with van der Waals surface area (Å²) in [5, 5.41) is 12.7. The largest absolute Gasteiger partial charge is 0.481 e. The maximum atomic E-state index is 12.3. The van der Waals surface area contributed by atoms with Gasteiger partial charge in [0.1, 0.15) is 0 Å². The van der Waals surface area contributed by atoms with Gasteiger partial charge in [0.05, 0.1) is 5.92 Å². The Balaban J connectivity index is 2.14. The number of halogens is 2. The predicted molar refractivity (Wildman–Crippen MR) is 84.6 cm³/mol. The zero-order chi connectivity index (χ0) is 15.4. The Morgan fingerprint density at radius 1 is 1.19 bits per heavy atom. The molecule has 1 aromatic carbocycles. The summed E-state index contributed by atoms with van der Waals surface area (Å²) < 4.78 is 0.718. The van der Waals surface area contributed by atoms with Crippen molar-refractivity contribution in [2.75, 3.05) is 0 Å². The number of nitrogens with one attached hydrogen (secondary N) is 1. The van der Waals surface area contributed by atoms with E-state index < -0.39 is 11.9 Å². The molecular formula is C15H17BrClNO3. The minimum Gasteiger partial charge on any atom is -0.481 e. The lowest BCUT2D eigenvalue weighted by atomic mass is 9.94. The van der Waals surface area contributed by atoms with Crippen LogP contribution in [0, 0.1) is 5.92 Å². The van der Waals surface area contributed by atoms with Crippen molar-refractivity contribution in [2.45, 2.75) is 38.1 Å². The highest BCUT2D eigenvalue weighted by molar-refractivity contribution is 9.10. The Morgan fingerprint density at radius 3 is 2.57 bits per heavy atom. The van der Waals surface area contributed by atoms with Crippen LogP contribution in [0.4, 0.5) is 0 Å². The second kappa shape index (κ2) is 7.27. The van der Waals surface area contributed by atoms with Gasteiger partial charge in [-0.3, -0.25) is 9.59 Å². The Kier molecular flexibility index (Phi) is 5.65. The number of benzene rings is 1. The first-order valence-corrected chi connectivity index (χ1v) is 8.14. The molecule has 2 atom stereocenters. The van der Waals surface area contributed by atoms with Crippen molar-refractivity contribution in [3.8, 4) is 0 Å². The second-order valence-corrected chi connectivity index (χ2v) is 6.67. The van der Waals surface area contributed by atoms with Crippen molar-refractivity contribution >= 4 is 39.4 Å². The summed E-state index contributed by atoms with van der Waals surface area (Å²) in [6.07, 6.45) is 4.16. The van der Waals surface area contributed by atoms with Gasteiger partial charge >= 0.3 is 5.97 Å². The molecule has 0 bridgehead atoms. The number of rotatable bonds is 3. The number of carboxylic acid groups (broad SMARTS) is 1. The van der Waals surface area contributed by atoms with E-state index >= 15 is 0 Å². The van der Waals surface area contributed by atoms with Crippen LogP contribution in [-0.2, 0) is 4.79 Å². The molecule has 0 radical (unpaired) electrons. The van der Waals surface area contributed by atoms with Crippen molar-refractivity contribution in [3.63, 3.8) is 0 Å². The van der Waals surface area contributed by atoms with Gasteiger partial charge in [-0.1, -0.05) is 46.8 Å². The predicted octanol–water partition coefficient (Wildman–Crippen LogP) is 3.87. The molecule has 1 amide bonds. The molecule has 1 saturated carbocycles. The third-order valence-electron chi connectivity index (χ3n) is 3.77. The normalized spacial score (nSPS) is 22.4. The van der Waals surface area contributed by atoms with Crippen LogP contribution in [0.5, 0.6) is 0 Å². The van der Waals surface area contributed by atoms with Gasteiger partial charge in [-0.15, -0.1) is 0 Å². The lowest BCUT2D eigenvalue weighted by molar-refractivity contribution is -0.142. The smallest absolute Gasteiger partial charge is 0.308 e. The zero-order valence-corrected chi connectivity index (χ0v) is 13.8. The number of carbonyl (C=O) groups excluding carboxylic acids is 1. The van der Waals surface area contributed by atoms with E-state index in [2.05, 4.69) is 21.2 Å². The van der Waals surface area contributed by atoms with Crippen molar-refractivity contribution in [3.05, 3.63) is 33.3 Å². The molecule has 1 fully saturated rings. The summed E-state index contributed by atoms with van der Waals surface area (Å²) in [6.45, 7) is 0. The third-order valence-corrected chi connectivity index (χ3v) is 4.45. The molecule has 0 heterocycles. The standard InChI is InChI=1S/C15H17BrClNO3/c16-10-6-9(7-11(17)8-10)14(19)18-13-5-3-1-2-4-12(13)15(20)21/h6-8,12-13H,1-5H2,(H,18,19)(H,20,21). The van der Waals surface area contributed by atoms with Crippen molar-refractivity contribution in [2.24, 2.45) is 5.92 Å². The van der Waals surface area contributed by atoms with E-state index in [1.165, 1.54) is 0 Å². The lowest BCUT2D eigenvalue weighted by Crippen LogP contribution is -2.42. The fourth-order valence-electron chi connectivity index (χ4n) is 2.71. The Labute approximate surface area is 137 Å². The quantitative estimate of drug-likeness (QED) is 0.789. The van der Waals surface area contributed by atoms with Gasteiger partial charge in [0.2, 0.25) is 0 Å². The van der Waals surface area contributed by atoms with Gasteiger partial charge in [-0.25, -0.2) is 0 Å². The highest BCUT2D eigenvalue weighted by Crippen LogP contribution is 2.25. The summed E-state index contributed by atoms with van der Waals surface area (Å²) in [5.74, 6) is -1.63. The molecule has 2 N–H and O–H groups in total. The first-order valence-electron chi connectivity index (χ1n) is 6.97. The molecule has 21 heavy (non-hydrogen) atoms. The number of aliphatic carboxylic acids is 1. The number of hydrogen-bond donors (Lipinski definition) is 2.